The van der Waals surface area contributed by atoms with Crippen LogP contribution < -0.4 is 21.1 Å². The van der Waals surface area contributed by atoms with Crippen LogP contribution in [0, 0.1) is 0 Å². The van der Waals surface area contributed by atoms with Crippen molar-refractivity contribution < 1.29 is 40.7 Å². The first kappa shape index (κ1) is 25.2. The van der Waals surface area contributed by atoms with E-state index in [0.717, 1.165) is 30.3 Å². The van der Waals surface area contributed by atoms with Gasteiger partial charge in [0.15, 0.2) is 0 Å². The van der Waals surface area contributed by atoms with Crippen molar-refractivity contribution in [2.75, 3.05) is 5.32 Å². The van der Waals surface area contributed by atoms with Crippen molar-refractivity contribution in [3.8, 4) is 5.75 Å². The highest BCUT2D eigenvalue weighted by molar-refractivity contribution is 5.95. The molecule has 3 rings (SSSR count). The maximum absolute atomic E-state index is 13.0. The molecule has 6 nitrogen and oxygen atoms in total. The van der Waals surface area contributed by atoms with Gasteiger partial charge in [0, 0.05) is 11.7 Å². The largest absolute Gasteiger partial charge is 0.490 e. The number of primary amides is 1. The number of benzene rings is 2. The van der Waals surface area contributed by atoms with Crippen molar-refractivity contribution in [1.82, 2.24) is 5.32 Å². The van der Waals surface area contributed by atoms with Gasteiger partial charge in [-0.25, -0.2) is 4.79 Å². The van der Waals surface area contributed by atoms with Crippen LogP contribution in [0.25, 0.3) is 0 Å². The molecule has 0 aliphatic heterocycles. The van der Waals surface area contributed by atoms with E-state index in [1.165, 1.54) is 12.1 Å². The Bertz CT molecular complexity index is 1050. The molecule has 0 aromatic heterocycles. The molecule has 34 heavy (non-hydrogen) atoms. The number of nitrogens with one attached hydrogen (secondary N) is 2. The minimum atomic E-state index is -4.73. The number of amides is 3. The van der Waals surface area contributed by atoms with Crippen LogP contribution in [0.3, 0.4) is 0 Å². The fraction of sp³-hybridized carbons (Fsp3) is 0.364. The zero-order valence-corrected chi connectivity index (χ0v) is 17.6. The van der Waals surface area contributed by atoms with E-state index in [9.17, 15) is 35.9 Å². The monoisotopic (exact) mass is 489 g/mol. The van der Waals surface area contributed by atoms with Crippen LogP contribution in [0.2, 0.25) is 0 Å². The summed E-state index contributed by atoms with van der Waals surface area (Å²) >= 11 is 0. The Morgan fingerprint density at radius 3 is 2.18 bits per heavy atom. The van der Waals surface area contributed by atoms with Crippen molar-refractivity contribution in [3.63, 3.8) is 0 Å². The topological polar surface area (TPSA) is 93.5 Å². The summed E-state index contributed by atoms with van der Waals surface area (Å²) < 4.78 is 83.1. The van der Waals surface area contributed by atoms with E-state index in [-0.39, 0.29) is 23.6 Å². The third kappa shape index (κ3) is 6.55. The first-order valence-electron chi connectivity index (χ1n) is 10.3. The Labute approximate surface area is 190 Å². The molecule has 1 saturated carbocycles. The summed E-state index contributed by atoms with van der Waals surface area (Å²) in [7, 11) is 0. The predicted octanol–water partition coefficient (Wildman–Crippen LogP) is 5.33. The van der Waals surface area contributed by atoms with E-state index in [1.807, 2.05) is 0 Å². The summed E-state index contributed by atoms with van der Waals surface area (Å²) in [5.41, 5.74) is 2.35. The fourth-order valence-electron chi connectivity index (χ4n) is 3.69. The number of halogens is 6. The number of hydrogen-bond acceptors (Lipinski definition) is 3. The Kier molecular flexibility index (Phi) is 7.27. The second-order valence-corrected chi connectivity index (χ2v) is 7.84. The quantitative estimate of drug-likeness (QED) is 0.496. The molecule has 2 aromatic carbocycles. The van der Waals surface area contributed by atoms with Gasteiger partial charge in [-0.05, 0) is 62.1 Å². The smallest absolute Gasteiger partial charge is 0.417 e. The molecule has 0 heterocycles. The van der Waals surface area contributed by atoms with Gasteiger partial charge in [-0.3, -0.25) is 4.79 Å². The number of nitrogens with two attached hydrogens (primary N) is 1. The van der Waals surface area contributed by atoms with E-state index < -0.39 is 41.0 Å². The number of carbonyl (C=O) groups is 2. The molecule has 0 spiro atoms. The second kappa shape index (κ2) is 9.82. The van der Waals surface area contributed by atoms with Gasteiger partial charge >= 0.3 is 18.4 Å². The van der Waals surface area contributed by atoms with Gasteiger partial charge in [0.25, 0.3) is 0 Å². The van der Waals surface area contributed by atoms with E-state index in [2.05, 4.69) is 10.6 Å². The van der Waals surface area contributed by atoms with Crippen LogP contribution in [-0.4, -0.2) is 24.1 Å². The molecule has 0 unspecified atom stereocenters. The lowest BCUT2D eigenvalue weighted by Crippen LogP contribution is -2.41. The van der Waals surface area contributed by atoms with Crippen LogP contribution in [0.5, 0.6) is 5.75 Å². The lowest BCUT2D eigenvalue weighted by molar-refractivity contribution is -0.138. The number of anilines is 1. The van der Waals surface area contributed by atoms with Crippen molar-refractivity contribution >= 4 is 17.6 Å². The van der Waals surface area contributed by atoms with Gasteiger partial charge in [-0.15, -0.1) is 0 Å². The molecular weight excluding hydrogens is 468 g/mol. The minimum absolute atomic E-state index is 0.00287. The van der Waals surface area contributed by atoms with Gasteiger partial charge in [-0.2, -0.15) is 26.3 Å². The van der Waals surface area contributed by atoms with E-state index in [0.29, 0.717) is 25.7 Å². The van der Waals surface area contributed by atoms with Gasteiger partial charge < -0.3 is 21.1 Å². The summed E-state index contributed by atoms with van der Waals surface area (Å²) in [5, 5.41) is 5.06. The highest BCUT2D eigenvalue weighted by atomic mass is 19.4. The molecule has 2 aromatic rings. The highest BCUT2D eigenvalue weighted by Gasteiger charge is 2.35. The average Bonchev–Trinajstić information content (AvgIpc) is 2.74. The molecular formula is C22H21F6N3O3. The minimum Gasteiger partial charge on any atom is -0.490 e. The lowest BCUT2D eigenvalue weighted by Gasteiger charge is -2.29. The first-order valence-corrected chi connectivity index (χ1v) is 10.3. The van der Waals surface area contributed by atoms with E-state index >= 15 is 0 Å². The van der Waals surface area contributed by atoms with Crippen LogP contribution in [0.4, 0.5) is 36.8 Å². The number of carbonyl (C=O) groups excluding carboxylic acids is 2. The third-order valence-electron chi connectivity index (χ3n) is 5.32. The molecule has 1 aliphatic rings. The summed E-state index contributed by atoms with van der Waals surface area (Å²) in [6, 6.07) is 6.13. The van der Waals surface area contributed by atoms with Gasteiger partial charge in [0.2, 0.25) is 5.91 Å². The number of urea groups is 1. The fourth-order valence-corrected chi connectivity index (χ4v) is 3.69. The van der Waals surface area contributed by atoms with Gasteiger partial charge in [0.05, 0.1) is 22.8 Å². The Balaban J connectivity index is 1.52. The molecule has 4 N–H and O–H groups in total. The molecule has 3 amide bonds. The third-order valence-corrected chi connectivity index (χ3v) is 5.32. The van der Waals surface area contributed by atoms with Crippen LogP contribution >= 0.6 is 0 Å². The average molecular weight is 489 g/mol. The molecule has 0 radical (unpaired) electrons. The van der Waals surface area contributed by atoms with Crippen LogP contribution in [-0.2, 0) is 12.4 Å². The molecule has 12 heteroatoms. The standard InChI is InChI=1S/C22H21F6N3O3/c23-21(24,25)12-2-1-3-14(10-12)31-20(33)30-13-4-6-15(7-5-13)34-16-8-9-18(22(26,27)28)17(11-16)19(29)32/h1-3,8-11,13,15H,4-7H2,(H2,29,32)(H2,30,31,33)/t13-,15-. The highest BCUT2D eigenvalue weighted by Crippen LogP contribution is 2.35. The molecule has 0 atom stereocenters. The predicted molar refractivity (Wildman–Crippen MR) is 110 cm³/mol. The zero-order valence-electron chi connectivity index (χ0n) is 17.6. The Morgan fingerprint density at radius 1 is 0.912 bits per heavy atom. The van der Waals surface area contributed by atoms with Crippen LogP contribution in [0.1, 0.15) is 47.2 Å². The summed E-state index contributed by atoms with van der Waals surface area (Å²) in [4.78, 5) is 23.6. The molecule has 0 bridgehead atoms. The van der Waals surface area contributed by atoms with E-state index in [4.69, 9.17) is 10.5 Å². The van der Waals surface area contributed by atoms with Crippen LogP contribution in [0.15, 0.2) is 42.5 Å². The van der Waals surface area contributed by atoms with Crippen molar-refractivity contribution in [3.05, 3.63) is 59.2 Å². The molecule has 0 saturated heterocycles. The Morgan fingerprint density at radius 2 is 1.59 bits per heavy atom. The summed E-state index contributed by atoms with van der Waals surface area (Å²) in [6.07, 6.45) is -7.75. The number of rotatable bonds is 5. The van der Waals surface area contributed by atoms with Crippen molar-refractivity contribution in [2.24, 2.45) is 5.73 Å². The number of alkyl halides is 6. The van der Waals surface area contributed by atoms with E-state index in [1.54, 1.807) is 0 Å². The zero-order chi connectivity index (χ0) is 25.1. The molecule has 1 aliphatic carbocycles. The number of hydrogen-bond donors (Lipinski definition) is 3. The maximum Gasteiger partial charge on any atom is 0.417 e. The molecule has 1 fully saturated rings. The van der Waals surface area contributed by atoms with Gasteiger partial charge in [-0.1, -0.05) is 6.07 Å². The van der Waals surface area contributed by atoms with Gasteiger partial charge in [0.1, 0.15) is 5.75 Å². The van der Waals surface area contributed by atoms with Crippen molar-refractivity contribution in [1.29, 1.82) is 0 Å². The number of ether oxygens (including phenoxy) is 1. The SMILES string of the molecule is NC(=O)c1cc(O[C@H]2CC[C@H](NC(=O)Nc3cccc(C(F)(F)F)c3)CC2)ccc1C(F)(F)F. The first-order chi connectivity index (χ1) is 15.8. The molecule has 184 valence electrons. The lowest BCUT2D eigenvalue weighted by atomic mass is 9.93. The second-order valence-electron chi connectivity index (χ2n) is 7.84. The summed E-state index contributed by atoms with van der Waals surface area (Å²) in [5.74, 6) is -1.15. The van der Waals surface area contributed by atoms with Crippen molar-refractivity contribution in [2.45, 2.75) is 50.2 Å². The maximum atomic E-state index is 13.0. The normalized spacial score (nSPS) is 18.8. The Hall–Kier alpha value is -3.44. The summed E-state index contributed by atoms with van der Waals surface area (Å²) in [6.45, 7) is 0.